The Morgan fingerprint density at radius 1 is 1.45 bits per heavy atom. The molecule has 0 unspecified atom stereocenters. The molecular formula is C6H14B3IS. The maximum Gasteiger partial charge on any atom is 0.267 e. The van der Waals surface area contributed by atoms with E-state index in [9.17, 15) is 0 Å². The average Bonchev–Trinajstić information content (AvgIpc) is 1.86. The zero-order valence-electron chi connectivity index (χ0n) is 7.35. The first-order chi connectivity index (χ1) is 5.16. The van der Waals surface area contributed by atoms with Crippen LogP contribution in [0.5, 0.6) is 0 Å². The van der Waals surface area contributed by atoms with Crippen molar-refractivity contribution in [3.63, 3.8) is 0 Å². The lowest BCUT2D eigenvalue weighted by atomic mass is 9.50. The van der Waals surface area contributed by atoms with Gasteiger partial charge in [0, 0.05) is 7.74 Å². The summed E-state index contributed by atoms with van der Waals surface area (Å²) < 4.78 is 0.643. The summed E-state index contributed by atoms with van der Waals surface area (Å²) in [5, 5.41) is 0. The largest absolute Gasteiger partial charge is 0.267 e. The summed E-state index contributed by atoms with van der Waals surface area (Å²) in [5.41, 5.74) is 0. The van der Waals surface area contributed by atoms with E-state index in [0.717, 1.165) is 0 Å². The highest BCUT2D eigenvalue weighted by molar-refractivity contribution is 14.1. The first kappa shape index (κ1) is 12.3. The first-order valence-corrected chi connectivity index (χ1v) is 6.40. The third-order valence-electron chi connectivity index (χ3n) is 1.45. The predicted molar refractivity (Wildman–Crippen MR) is 69.1 cm³/mol. The predicted octanol–water partition coefficient (Wildman–Crippen LogP) is 3.12. The van der Waals surface area contributed by atoms with Crippen molar-refractivity contribution in [3.05, 3.63) is 0 Å². The quantitative estimate of drug-likeness (QED) is 0.408. The van der Waals surface area contributed by atoms with Crippen LogP contribution in [0.25, 0.3) is 0 Å². The van der Waals surface area contributed by atoms with Crippen molar-refractivity contribution in [2.24, 2.45) is 0 Å². The SMILES string of the molecule is [B]B(CCCCC)SB(C)I. The Kier molecular flexibility index (Phi) is 8.82. The zero-order valence-corrected chi connectivity index (χ0v) is 10.3. The van der Waals surface area contributed by atoms with Crippen LogP contribution in [-0.4, -0.2) is 17.5 Å². The van der Waals surface area contributed by atoms with Crippen molar-refractivity contribution in [2.45, 2.75) is 39.3 Å². The third kappa shape index (κ3) is 9.19. The highest BCUT2D eigenvalue weighted by atomic mass is 127. The van der Waals surface area contributed by atoms with E-state index in [4.69, 9.17) is 7.74 Å². The second-order valence-electron chi connectivity index (χ2n) is 2.71. The van der Waals surface area contributed by atoms with Crippen LogP contribution in [0.4, 0.5) is 0 Å². The maximum atomic E-state index is 5.87. The Bertz CT molecular complexity index is 91.9. The van der Waals surface area contributed by atoms with Gasteiger partial charge >= 0.3 is 0 Å². The number of rotatable bonds is 6. The van der Waals surface area contributed by atoms with Crippen molar-refractivity contribution < 1.29 is 0 Å². The minimum absolute atomic E-state index is 0.355. The fourth-order valence-electron chi connectivity index (χ4n) is 0.904. The fourth-order valence-corrected chi connectivity index (χ4v) is 2.82. The Morgan fingerprint density at radius 3 is 2.55 bits per heavy atom. The molecule has 0 aromatic rings. The van der Waals surface area contributed by atoms with Gasteiger partial charge in [-0.05, 0) is 0 Å². The van der Waals surface area contributed by atoms with Crippen LogP contribution in [0.2, 0.25) is 13.1 Å². The Balaban J connectivity index is 3.15. The minimum atomic E-state index is 0.355. The average molecular weight is 278 g/mol. The second-order valence-corrected chi connectivity index (χ2v) is 7.01. The van der Waals surface area contributed by atoms with Gasteiger partial charge < -0.3 is 0 Å². The van der Waals surface area contributed by atoms with E-state index >= 15 is 0 Å². The van der Waals surface area contributed by atoms with Gasteiger partial charge in [-0.1, -0.05) is 39.3 Å². The standard InChI is InChI=1S/C6H14B3IS/c1-3-4-5-6-9(7)11-8(2)10/h3-6H2,1-2H3. The van der Waals surface area contributed by atoms with Gasteiger partial charge in [0.15, 0.2) is 0 Å². The number of unbranched alkanes of at least 4 members (excludes halogenated alkanes) is 2. The summed E-state index contributed by atoms with van der Waals surface area (Å²) >= 11 is 4.27. The van der Waals surface area contributed by atoms with Crippen LogP contribution in [0.15, 0.2) is 0 Å². The molecule has 2 radical (unpaired) electrons. The lowest BCUT2D eigenvalue weighted by Crippen LogP contribution is -2.11. The maximum absolute atomic E-state index is 5.87. The van der Waals surface area contributed by atoms with Crippen molar-refractivity contribution in [1.29, 1.82) is 0 Å². The molecule has 0 atom stereocenters. The molecule has 0 aliphatic rings. The lowest BCUT2D eigenvalue weighted by Gasteiger charge is -2.08. The van der Waals surface area contributed by atoms with E-state index < -0.39 is 0 Å². The van der Waals surface area contributed by atoms with E-state index in [1.165, 1.54) is 25.6 Å². The van der Waals surface area contributed by atoms with Gasteiger partial charge in [-0.25, -0.2) is 0 Å². The Morgan fingerprint density at radius 2 is 2.09 bits per heavy atom. The van der Waals surface area contributed by atoms with Crippen molar-refractivity contribution in [3.8, 4) is 0 Å². The fraction of sp³-hybridized carbons (Fsp3) is 1.00. The highest BCUT2D eigenvalue weighted by Gasteiger charge is 2.10. The van der Waals surface area contributed by atoms with Crippen LogP contribution in [-0.2, 0) is 0 Å². The number of halogens is 1. The van der Waals surface area contributed by atoms with Crippen molar-refractivity contribution in [1.82, 2.24) is 0 Å². The molecule has 60 valence electrons. The zero-order chi connectivity index (χ0) is 8.69. The Labute approximate surface area is 90.3 Å². The number of hydrogen-bond donors (Lipinski definition) is 0. The van der Waals surface area contributed by atoms with E-state index in [1.807, 2.05) is 11.5 Å². The van der Waals surface area contributed by atoms with E-state index in [-0.39, 0.29) is 0 Å². The topological polar surface area (TPSA) is 0 Å². The molecule has 0 amide bonds. The molecule has 0 N–H and O–H groups in total. The van der Waals surface area contributed by atoms with E-state index in [1.54, 1.807) is 0 Å². The molecule has 11 heavy (non-hydrogen) atoms. The van der Waals surface area contributed by atoms with Crippen molar-refractivity contribution in [2.75, 3.05) is 0 Å². The summed E-state index contributed by atoms with van der Waals surface area (Å²) in [5.74, 6) is 0.355. The second kappa shape index (κ2) is 7.90. The van der Waals surface area contributed by atoms with Crippen molar-refractivity contribution >= 4 is 51.3 Å². The molecule has 0 bridgehead atoms. The molecule has 0 spiro atoms. The van der Waals surface area contributed by atoms with Crippen LogP contribution >= 0.6 is 33.8 Å². The molecule has 5 heteroatoms. The van der Waals surface area contributed by atoms with Gasteiger partial charge in [0.2, 0.25) is 0 Å². The summed E-state index contributed by atoms with van der Waals surface area (Å²) in [6, 6.07) is 0. The molecule has 0 fully saturated rings. The smallest absolute Gasteiger partial charge is 0.253 e. The summed E-state index contributed by atoms with van der Waals surface area (Å²) in [6.07, 6.45) is 5.07. The molecule has 0 aliphatic heterocycles. The van der Waals surface area contributed by atoms with Gasteiger partial charge in [-0.15, -0.1) is 22.4 Å². The highest BCUT2D eigenvalue weighted by Crippen LogP contribution is 2.18. The van der Waals surface area contributed by atoms with Crippen LogP contribution in [0.3, 0.4) is 0 Å². The first-order valence-electron chi connectivity index (χ1n) is 4.22. The number of hydrogen-bond acceptors (Lipinski definition) is 1. The molecule has 0 aromatic heterocycles. The minimum Gasteiger partial charge on any atom is -0.253 e. The van der Waals surface area contributed by atoms with Crippen LogP contribution in [0, 0.1) is 0 Å². The Hall–Kier alpha value is 1.27. The van der Waals surface area contributed by atoms with Gasteiger partial charge in [-0.3, -0.25) is 11.5 Å². The summed E-state index contributed by atoms with van der Waals surface area (Å²) in [4.78, 5) is 0. The molecule has 0 nitrogen and oxygen atoms in total. The van der Waals surface area contributed by atoms with E-state index in [2.05, 4.69) is 36.1 Å². The molecule has 0 saturated heterocycles. The normalized spacial score (nSPS) is 9.73. The molecule has 0 aromatic carbocycles. The summed E-state index contributed by atoms with van der Waals surface area (Å²) in [7, 11) is 5.87. The molecule has 0 rings (SSSR count). The molecule has 0 saturated carbocycles. The van der Waals surface area contributed by atoms with Gasteiger partial charge in [0.1, 0.15) is 5.88 Å². The lowest BCUT2D eigenvalue weighted by molar-refractivity contribution is 0.770. The molecule has 0 aliphatic carbocycles. The monoisotopic (exact) mass is 278 g/mol. The van der Waals surface area contributed by atoms with Crippen LogP contribution < -0.4 is 0 Å². The molecular weight excluding hydrogens is 263 g/mol. The van der Waals surface area contributed by atoms with Gasteiger partial charge in [-0.2, -0.15) is 0 Å². The molecule has 0 heterocycles. The van der Waals surface area contributed by atoms with Gasteiger partial charge in [0.05, 0.1) is 0 Å². The van der Waals surface area contributed by atoms with Crippen LogP contribution in [0.1, 0.15) is 26.2 Å². The van der Waals surface area contributed by atoms with E-state index in [0.29, 0.717) is 9.73 Å². The third-order valence-corrected chi connectivity index (χ3v) is 3.30. The summed E-state index contributed by atoms with van der Waals surface area (Å²) in [6.45, 7) is 4.41. The van der Waals surface area contributed by atoms with Gasteiger partial charge in [0.25, 0.3) is 3.85 Å².